The van der Waals surface area contributed by atoms with Gasteiger partial charge in [-0.1, -0.05) is 151 Å². The van der Waals surface area contributed by atoms with Crippen molar-refractivity contribution in [2.45, 2.75) is 128 Å². The second kappa shape index (κ2) is 17.2. The van der Waals surface area contributed by atoms with Crippen molar-refractivity contribution in [2.75, 3.05) is 37.0 Å². The molecule has 8 rings (SSSR count). The molecule has 0 amide bonds. The van der Waals surface area contributed by atoms with Crippen molar-refractivity contribution in [1.29, 1.82) is 0 Å². The maximum absolute atomic E-state index is 2.62. The molecule has 0 aromatic heterocycles. The van der Waals surface area contributed by atoms with Crippen LogP contribution in [-0.2, 0) is 21.7 Å². The van der Waals surface area contributed by atoms with E-state index < -0.39 is 0 Å². The van der Waals surface area contributed by atoms with Gasteiger partial charge in [-0.05, 0) is 75.9 Å². The number of hydrogen-bond acceptors (Lipinski definition) is 2. The third kappa shape index (κ3) is 7.66. The molecular formula is C58H72N4+2. The van der Waals surface area contributed by atoms with E-state index in [1.807, 2.05) is 0 Å². The van der Waals surface area contributed by atoms with E-state index in [4.69, 9.17) is 0 Å². The fourth-order valence-corrected chi connectivity index (χ4v) is 11.4. The summed E-state index contributed by atoms with van der Waals surface area (Å²) in [4.78, 5) is 5.23. The van der Waals surface area contributed by atoms with E-state index in [-0.39, 0.29) is 21.7 Å². The van der Waals surface area contributed by atoms with Crippen LogP contribution in [0.3, 0.4) is 0 Å². The van der Waals surface area contributed by atoms with E-state index >= 15 is 0 Å². The molecule has 62 heavy (non-hydrogen) atoms. The monoisotopic (exact) mass is 825 g/mol. The average Bonchev–Trinajstić information content (AvgIpc) is 3.78. The molecule has 4 aliphatic rings. The maximum atomic E-state index is 2.62. The molecule has 0 fully saturated rings. The Morgan fingerprint density at radius 1 is 0.403 bits per heavy atom. The van der Waals surface area contributed by atoms with Crippen LogP contribution in [-0.4, -0.2) is 47.8 Å². The third-order valence-corrected chi connectivity index (χ3v) is 15.0. The van der Waals surface area contributed by atoms with Crippen LogP contribution in [0, 0.1) is 0 Å². The summed E-state index contributed by atoms with van der Waals surface area (Å²) in [5.41, 5.74) is 16.4. The van der Waals surface area contributed by atoms with Crippen molar-refractivity contribution in [3.05, 3.63) is 167 Å². The lowest BCUT2D eigenvalue weighted by atomic mass is 9.81. The van der Waals surface area contributed by atoms with Gasteiger partial charge in [-0.2, -0.15) is 9.15 Å². The van der Waals surface area contributed by atoms with E-state index in [1.165, 1.54) is 119 Å². The first-order chi connectivity index (χ1) is 29.7. The number of para-hydroxylation sites is 4. The zero-order chi connectivity index (χ0) is 43.9. The van der Waals surface area contributed by atoms with Crippen LogP contribution in [0.4, 0.5) is 22.7 Å². The molecule has 4 heteroatoms. The molecule has 0 spiro atoms. The van der Waals surface area contributed by atoms with E-state index in [0.29, 0.717) is 0 Å². The first-order valence-electron chi connectivity index (χ1n) is 23.6. The van der Waals surface area contributed by atoms with Gasteiger partial charge in [0.1, 0.15) is 14.1 Å². The molecule has 0 N–H and O–H groups in total. The van der Waals surface area contributed by atoms with E-state index in [2.05, 4.69) is 222 Å². The minimum atomic E-state index is -0.0399. The summed E-state index contributed by atoms with van der Waals surface area (Å²) in [6, 6.07) is 35.8. The molecule has 0 radical (unpaired) electrons. The van der Waals surface area contributed by atoms with Crippen LogP contribution >= 0.6 is 0 Å². The molecule has 4 aliphatic heterocycles. The van der Waals surface area contributed by atoms with Crippen molar-refractivity contribution in [2.24, 2.45) is 0 Å². The molecule has 4 aromatic carbocycles. The van der Waals surface area contributed by atoms with E-state index in [9.17, 15) is 0 Å². The molecule has 4 heterocycles. The van der Waals surface area contributed by atoms with Gasteiger partial charge in [0.15, 0.2) is 11.4 Å². The SMILES string of the molecule is C[N+]1=C(/C=C/C=C2/N(CCCCCCCCCCN3/C(=C/C=C/C4=[N+](C)c5ccccc5C4(C)C)C(C)(C)c4ccccc43)c3ccccc3C2(C)C)C(C)(C)c2ccccc21. The van der Waals surface area contributed by atoms with E-state index in [0.717, 1.165) is 13.1 Å². The highest BCUT2D eigenvalue weighted by Crippen LogP contribution is 2.49. The molecule has 4 aromatic rings. The molecule has 322 valence electrons. The number of benzene rings is 4. The molecule has 0 saturated heterocycles. The fourth-order valence-electron chi connectivity index (χ4n) is 11.4. The predicted molar refractivity (Wildman–Crippen MR) is 266 cm³/mol. The standard InChI is InChI=1S/C58H72N4/c1-55(2)43-29-17-21-33-47(43)59(9)51(55)37-27-39-53-57(5,6)45-31-19-23-35-49(45)61(53)41-25-15-13-11-12-14-16-26-42-62-50-36-24-20-32-46(50)58(7,8)54(62)40-28-38-52-56(3,4)44-30-18-22-34-48(44)60(52)10/h17-24,27-40H,11-16,25-26,41-42H2,1-10H3/q+2. The summed E-state index contributed by atoms with van der Waals surface area (Å²) < 4.78 is 4.74. The highest BCUT2D eigenvalue weighted by molar-refractivity contribution is 6.04. The number of unbranched alkanes of at least 4 members (excludes halogenated alkanes) is 7. The lowest BCUT2D eigenvalue weighted by Crippen LogP contribution is -2.27. The second-order valence-corrected chi connectivity index (χ2v) is 20.4. The Kier molecular flexibility index (Phi) is 12.0. The maximum Gasteiger partial charge on any atom is 0.209 e. The third-order valence-electron chi connectivity index (χ3n) is 15.0. The first-order valence-corrected chi connectivity index (χ1v) is 23.6. The van der Waals surface area contributed by atoms with Gasteiger partial charge in [-0.15, -0.1) is 0 Å². The minimum absolute atomic E-state index is 0.0253. The highest BCUT2D eigenvalue weighted by Gasteiger charge is 2.45. The van der Waals surface area contributed by atoms with Gasteiger partial charge in [0.25, 0.3) is 0 Å². The zero-order valence-electron chi connectivity index (χ0n) is 39.6. The lowest BCUT2D eigenvalue weighted by molar-refractivity contribution is -0.401. The summed E-state index contributed by atoms with van der Waals surface area (Å²) in [5, 5.41) is 0. The van der Waals surface area contributed by atoms with Crippen molar-refractivity contribution < 1.29 is 9.15 Å². The summed E-state index contributed by atoms with van der Waals surface area (Å²) in [6.07, 6.45) is 24.3. The topological polar surface area (TPSA) is 12.5 Å². The van der Waals surface area contributed by atoms with Crippen molar-refractivity contribution in [3.63, 3.8) is 0 Å². The quantitative estimate of drug-likeness (QED) is 0.0875. The molecule has 0 aliphatic carbocycles. The van der Waals surface area contributed by atoms with Crippen LogP contribution < -0.4 is 9.80 Å². The van der Waals surface area contributed by atoms with Gasteiger partial charge in [0, 0.05) is 82.1 Å². The Labute approximate surface area is 374 Å². The number of fused-ring (bicyclic) bond motifs is 4. The Morgan fingerprint density at radius 3 is 1.10 bits per heavy atom. The number of rotatable bonds is 15. The van der Waals surface area contributed by atoms with Crippen LogP contribution in [0.1, 0.15) is 129 Å². The van der Waals surface area contributed by atoms with Crippen LogP contribution in [0.15, 0.2) is 145 Å². The Bertz CT molecular complexity index is 2340. The first kappa shape index (κ1) is 43.4. The van der Waals surface area contributed by atoms with Crippen molar-refractivity contribution in [3.8, 4) is 0 Å². The van der Waals surface area contributed by atoms with E-state index in [1.54, 1.807) is 0 Å². The molecule has 4 nitrogen and oxygen atoms in total. The lowest BCUT2D eigenvalue weighted by Gasteiger charge is -2.27. The van der Waals surface area contributed by atoms with Crippen LogP contribution in [0.2, 0.25) is 0 Å². The largest absolute Gasteiger partial charge is 0.344 e. The number of anilines is 2. The molecule has 0 saturated carbocycles. The predicted octanol–water partition coefficient (Wildman–Crippen LogP) is 14.0. The van der Waals surface area contributed by atoms with Gasteiger partial charge in [0.2, 0.25) is 11.4 Å². The Hall–Kier alpha value is -5.22. The van der Waals surface area contributed by atoms with Crippen LogP contribution in [0.5, 0.6) is 0 Å². The zero-order valence-corrected chi connectivity index (χ0v) is 39.6. The van der Waals surface area contributed by atoms with Gasteiger partial charge >= 0.3 is 0 Å². The summed E-state index contributed by atoms with van der Waals surface area (Å²) in [5.74, 6) is 0. The summed E-state index contributed by atoms with van der Waals surface area (Å²) in [7, 11) is 4.41. The highest BCUT2D eigenvalue weighted by atomic mass is 15.2. The Morgan fingerprint density at radius 2 is 0.726 bits per heavy atom. The molecular weight excluding hydrogens is 753 g/mol. The fraction of sp³-hybridized carbons (Fsp3) is 0.414. The van der Waals surface area contributed by atoms with Crippen LogP contribution in [0.25, 0.3) is 0 Å². The van der Waals surface area contributed by atoms with Crippen molar-refractivity contribution >= 4 is 34.2 Å². The molecule has 0 atom stereocenters. The second-order valence-electron chi connectivity index (χ2n) is 20.4. The van der Waals surface area contributed by atoms with Gasteiger partial charge in [0.05, 0.1) is 10.8 Å². The van der Waals surface area contributed by atoms with Gasteiger partial charge < -0.3 is 9.80 Å². The van der Waals surface area contributed by atoms with Crippen molar-refractivity contribution in [1.82, 2.24) is 0 Å². The normalized spacial score (nSPS) is 20.4. The van der Waals surface area contributed by atoms with Gasteiger partial charge in [-0.3, -0.25) is 0 Å². The molecule has 0 unspecified atom stereocenters. The number of hydrogen-bond donors (Lipinski definition) is 0. The summed E-state index contributed by atoms with van der Waals surface area (Å²) >= 11 is 0. The Balaban J connectivity index is 0.835. The summed E-state index contributed by atoms with van der Waals surface area (Å²) in [6.45, 7) is 21.1. The minimum Gasteiger partial charge on any atom is -0.344 e. The molecule has 0 bridgehead atoms. The smallest absolute Gasteiger partial charge is 0.209 e. The number of allylic oxidation sites excluding steroid dienone is 8. The van der Waals surface area contributed by atoms with Gasteiger partial charge in [-0.25, -0.2) is 0 Å². The average molecular weight is 825 g/mol. The number of nitrogens with zero attached hydrogens (tertiary/aromatic N) is 4.